The topological polar surface area (TPSA) is 21.1 Å². The zero-order valence-corrected chi connectivity index (χ0v) is 16.2. The maximum Gasteiger partial charge on any atom is 0.145 e. The first kappa shape index (κ1) is 17.3. The van der Waals surface area contributed by atoms with Crippen LogP contribution in [-0.4, -0.2) is 22.6 Å². The molecule has 3 nitrogen and oxygen atoms in total. The summed E-state index contributed by atoms with van der Waals surface area (Å²) in [5, 5.41) is 0. The zero-order chi connectivity index (χ0) is 18.8. The third-order valence-corrected chi connectivity index (χ3v) is 5.11. The van der Waals surface area contributed by atoms with Crippen molar-refractivity contribution in [1.82, 2.24) is 9.55 Å². The van der Waals surface area contributed by atoms with Gasteiger partial charge in [0.25, 0.3) is 0 Å². The van der Waals surface area contributed by atoms with Crippen molar-refractivity contribution in [3.8, 4) is 17.1 Å². The van der Waals surface area contributed by atoms with Gasteiger partial charge in [-0.15, -0.1) is 0 Å². The van der Waals surface area contributed by atoms with Crippen molar-refractivity contribution in [2.24, 2.45) is 0 Å². The molecule has 0 spiro atoms. The van der Waals surface area contributed by atoms with E-state index in [1.54, 1.807) is 0 Å². The molecule has 0 fully saturated rings. The van der Waals surface area contributed by atoms with E-state index in [1.807, 2.05) is 6.07 Å². The Morgan fingerprint density at radius 1 is 0.815 bits per heavy atom. The maximum absolute atomic E-state index is 4.93. The van der Waals surface area contributed by atoms with Crippen molar-refractivity contribution < 1.29 is 0 Å². The fourth-order valence-corrected chi connectivity index (χ4v) is 3.58. The summed E-state index contributed by atoms with van der Waals surface area (Å²) in [4.78, 5) is 7.29. The van der Waals surface area contributed by atoms with Crippen LogP contribution in [0.4, 0.5) is 5.69 Å². The summed E-state index contributed by atoms with van der Waals surface area (Å²) in [5.74, 6) is 0.979. The summed E-state index contributed by atoms with van der Waals surface area (Å²) in [7, 11) is 0. The van der Waals surface area contributed by atoms with Gasteiger partial charge in [0, 0.05) is 30.0 Å². The number of para-hydroxylation sites is 2. The van der Waals surface area contributed by atoms with Crippen LogP contribution < -0.4 is 4.90 Å². The van der Waals surface area contributed by atoms with Crippen LogP contribution in [-0.2, 0) is 0 Å². The van der Waals surface area contributed by atoms with E-state index in [0.717, 1.165) is 41.2 Å². The summed E-state index contributed by atoms with van der Waals surface area (Å²) in [6.45, 7) is 8.52. The number of nitrogens with zero attached hydrogens (tertiary/aromatic N) is 3. The van der Waals surface area contributed by atoms with Gasteiger partial charge in [-0.1, -0.05) is 42.0 Å². The second-order valence-electron chi connectivity index (χ2n) is 6.81. The second-order valence-corrected chi connectivity index (χ2v) is 6.81. The van der Waals surface area contributed by atoms with Gasteiger partial charge in [0.1, 0.15) is 5.82 Å². The van der Waals surface area contributed by atoms with Crippen LogP contribution in [0.25, 0.3) is 28.1 Å². The van der Waals surface area contributed by atoms with E-state index in [1.165, 1.54) is 11.3 Å². The summed E-state index contributed by atoms with van der Waals surface area (Å²) < 4.78 is 2.26. The molecular formula is C24H25N3. The van der Waals surface area contributed by atoms with Gasteiger partial charge >= 0.3 is 0 Å². The van der Waals surface area contributed by atoms with E-state index in [4.69, 9.17) is 4.98 Å². The van der Waals surface area contributed by atoms with Gasteiger partial charge in [0.2, 0.25) is 0 Å². The zero-order valence-electron chi connectivity index (χ0n) is 16.2. The minimum atomic E-state index is 0.979. The molecule has 1 aromatic heterocycles. The lowest BCUT2D eigenvalue weighted by Crippen LogP contribution is -2.21. The van der Waals surface area contributed by atoms with Crippen molar-refractivity contribution >= 4 is 16.7 Å². The molecule has 0 aliphatic heterocycles. The third kappa shape index (κ3) is 3.21. The molecule has 136 valence electrons. The van der Waals surface area contributed by atoms with Gasteiger partial charge in [-0.2, -0.15) is 0 Å². The molecule has 0 saturated heterocycles. The van der Waals surface area contributed by atoms with Crippen LogP contribution in [0.15, 0.2) is 72.8 Å². The smallest absolute Gasteiger partial charge is 0.145 e. The van der Waals surface area contributed by atoms with Crippen LogP contribution >= 0.6 is 0 Å². The standard InChI is InChI=1S/C24H25N3/c1-4-26(5-2)20-14-16-21(17-15-20)27-23-9-7-6-8-22(23)25-24(27)19-12-10-18(3)11-13-19/h6-17H,4-5H2,1-3H3. The molecule has 3 aromatic carbocycles. The van der Waals surface area contributed by atoms with Gasteiger partial charge in [-0.25, -0.2) is 4.98 Å². The molecule has 3 heteroatoms. The van der Waals surface area contributed by atoms with Crippen LogP contribution in [0.2, 0.25) is 0 Å². The Morgan fingerprint density at radius 3 is 2.15 bits per heavy atom. The number of anilines is 1. The van der Waals surface area contributed by atoms with E-state index in [2.05, 4.69) is 97.0 Å². The predicted octanol–water partition coefficient (Wildman–Crippen LogP) is 5.85. The van der Waals surface area contributed by atoms with Gasteiger partial charge in [-0.05, 0) is 57.2 Å². The normalized spacial score (nSPS) is 11.1. The first-order valence-corrected chi connectivity index (χ1v) is 9.61. The molecule has 0 radical (unpaired) electrons. The van der Waals surface area contributed by atoms with E-state index in [9.17, 15) is 0 Å². The van der Waals surface area contributed by atoms with E-state index >= 15 is 0 Å². The molecule has 27 heavy (non-hydrogen) atoms. The number of hydrogen-bond acceptors (Lipinski definition) is 2. The Kier molecular flexibility index (Phi) is 4.68. The first-order valence-electron chi connectivity index (χ1n) is 9.61. The Hall–Kier alpha value is -3.07. The Morgan fingerprint density at radius 2 is 1.48 bits per heavy atom. The number of aryl methyl sites for hydroxylation is 1. The molecule has 0 unspecified atom stereocenters. The van der Waals surface area contributed by atoms with E-state index in [0.29, 0.717) is 0 Å². The fraction of sp³-hybridized carbons (Fsp3) is 0.208. The average Bonchev–Trinajstić information content (AvgIpc) is 3.09. The fourth-order valence-electron chi connectivity index (χ4n) is 3.58. The highest BCUT2D eigenvalue weighted by atomic mass is 15.1. The minimum Gasteiger partial charge on any atom is -0.372 e. The van der Waals surface area contributed by atoms with Crippen molar-refractivity contribution in [3.05, 3.63) is 78.4 Å². The van der Waals surface area contributed by atoms with E-state index < -0.39 is 0 Å². The molecule has 0 amide bonds. The molecule has 0 saturated carbocycles. The highest BCUT2D eigenvalue weighted by Gasteiger charge is 2.14. The molecule has 0 aliphatic carbocycles. The molecule has 4 aromatic rings. The Balaban J connectivity index is 1.87. The number of rotatable bonds is 5. The number of benzene rings is 3. The number of imidazole rings is 1. The summed E-state index contributed by atoms with van der Waals surface area (Å²) in [5.41, 5.74) is 6.92. The highest BCUT2D eigenvalue weighted by Crippen LogP contribution is 2.29. The predicted molar refractivity (Wildman–Crippen MR) is 115 cm³/mol. The SMILES string of the molecule is CCN(CC)c1ccc(-n2c(-c3ccc(C)cc3)nc3ccccc32)cc1. The number of aromatic nitrogens is 2. The third-order valence-electron chi connectivity index (χ3n) is 5.11. The first-order chi connectivity index (χ1) is 13.2. The van der Waals surface area contributed by atoms with Crippen molar-refractivity contribution in [2.75, 3.05) is 18.0 Å². The minimum absolute atomic E-state index is 0.979. The highest BCUT2D eigenvalue weighted by molar-refractivity contribution is 5.83. The van der Waals surface area contributed by atoms with Crippen LogP contribution in [0.1, 0.15) is 19.4 Å². The van der Waals surface area contributed by atoms with Crippen molar-refractivity contribution in [1.29, 1.82) is 0 Å². The average molecular weight is 355 g/mol. The molecule has 0 bridgehead atoms. The number of fused-ring (bicyclic) bond motifs is 1. The van der Waals surface area contributed by atoms with Crippen molar-refractivity contribution in [3.63, 3.8) is 0 Å². The monoisotopic (exact) mass is 355 g/mol. The number of hydrogen-bond donors (Lipinski definition) is 0. The van der Waals surface area contributed by atoms with Gasteiger partial charge in [0.05, 0.1) is 11.0 Å². The van der Waals surface area contributed by atoms with Gasteiger partial charge < -0.3 is 4.90 Å². The lowest BCUT2D eigenvalue weighted by molar-refractivity contribution is 0.866. The van der Waals surface area contributed by atoms with Crippen LogP contribution in [0.5, 0.6) is 0 Å². The quantitative estimate of drug-likeness (QED) is 0.448. The summed E-state index contributed by atoms with van der Waals surface area (Å²) >= 11 is 0. The molecule has 4 rings (SSSR count). The molecular weight excluding hydrogens is 330 g/mol. The second kappa shape index (κ2) is 7.28. The maximum atomic E-state index is 4.93. The van der Waals surface area contributed by atoms with Crippen LogP contribution in [0.3, 0.4) is 0 Å². The van der Waals surface area contributed by atoms with Crippen molar-refractivity contribution in [2.45, 2.75) is 20.8 Å². The summed E-state index contributed by atoms with van der Waals surface area (Å²) in [6.07, 6.45) is 0. The molecule has 0 aliphatic rings. The molecule has 0 atom stereocenters. The van der Waals surface area contributed by atoms with Gasteiger partial charge in [-0.3, -0.25) is 4.57 Å². The van der Waals surface area contributed by atoms with E-state index in [-0.39, 0.29) is 0 Å². The lowest BCUT2D eigenvalue weighted by Gasteiger charge is -2.21. The van der Waals surface area contributed by atoms with Gasteiger partial charge in [0.15, 0.2) is 0 Å². The largest absolute Gasteiger partial charge is 0.372 e. The summed E-state index contributed by atoms with van der Waals surface area (Å²) in [6, 6.07) is 25.7. The van der Waals surface area contributed by atoms with Crippen LogP contribution in [0, 0.1) is 6.92 Å². The lowest BCUT2D eigenvalue weighted by atomic mass is 10.1. The molecule has 0 N–H and O–H groups in total. The molecule has 1 heterocycles. The Bertz CT molecular complexity index is 1040. The Labute approximate surface area is 160 Å².